The number of carbonyl (C=O) groups is 3. The number of benzene rings is 3. The van der Waals surface area contributed by atoms with E-state index in [2.05, 4.69) is 5.32 Å². The third-order valence-corrected chi connectivity index (χ3v) is 6.84. The van der Waals surface area contributed by atoms with Crippen LogP contribution in [0.1, 0.15) is 22.3 Å². The molecule has 3 aromatic carbocycles. The normalized spacial score (nSPS) is 15.0. The first-order chi connectivity index (χ1) is 18.3. The number of ether oxygens (including phenoxy) is 2. The van der Waals surface area contributed by atoms with Gasteiger partial charge in [-0.3, -0.25) is 14.5 Å². The SMILES string of the molecule is COC(=O)c1ccc(NC(=O)CC2C(=O)N(c3ccc(Cl)cc3)C(=S)N2CCc2ccc(OC)cc2)cc1. The first-order valence-corrected chi connectivity index (χ1v) is 12.6. The van der Waals surface area contributed by atoms with Gasteiger partial charge in [-0.25, -0.2) is 4.79 Å². The van der Waals surface area contributed by atoms with Gasteiger partial charge in [0.2, 0.25) is 5.91 Å². The second kappa shape index (κ2) is 12.1. The maximum absolute atomic E-state index is 13.6. The molecule has 0 aliphatic carbocycles. The molecule has 4 rings (SSSR count). The number of esters is 1. The summed E-state index contributed by atoms with van der Waals surface area (Å²) in [6, 6.07) is 20.0. The Balaban J connectivity index is 1.52. The largest absolute Gasteiger partial charge is 0.497 e. The lowest BCUT2D eigenvalue weighted by atomic mass is 10.1. The van der Waals surface area contributed by atoms with E-state index in [1.165, 1.54) is 12.0 Å². The van der Waals surface area contributed by atoms with E-state index in [9.17, 15) is 14.4 Å². The van der Waals surface area contributed by atoms with Gasteiger partial charge in [0.1, 0.15) is 11.8 Å². The maximum atomic E-state index is 13.6. The molecule has 1 N–H and O–H groups in total. The number of hydrogen-bond donors (Lipinski definition) is 1. The van der Waals surface area contributed by atoms with Crippen LogP contribution in [0.5, 0.6) is 5.75 Å². The van der Waals surface area contributed by atoms with Crippen molar-refractivity contribution in [2.75, 3.05) is 31.0 Å². The summed E-state index contributed by atoms with van der Waals surface area (Å²) in [6.07, 6.45) is 0.503. The summed E-state index contributed by atoms with van der Waals surface area (Å²) in [7, 11) is 2.91. The number of hydrogen-bond acceptors (Lipinski definition) is 6. The van der Waals surface area contributed by atoms with Crippen LogP contribution in [-0.2, 0) is 20.7 Å². The van der Waals surface area contributed by atoms with E-state index in [-0.39, 0.29) is 18.2 Å². The van der Waals surface area contributed by atoms with E-state index in [1.54, 1.807) is 60.5 Å². The van der Waals surface area contributed by atoms with Crippen molar-refractivity contribution in [2.24, 2.45) is 0 Å². The van der Waals surface area contributed by atoms with E-state index in [4.69, 9.17) is 33.3 Å². The third-order valence-electron chi connectivity index (χ3n) is 6.17. The number of anilines is 2. The van der Waals surface area contributed by atoms with E-state index in [1.807, 2.05) is 24.3 Å². The van der Waals surface area contributed by atoms with Crippen LogP contribution in [-0.4, -0.2) is 54.6 Å². The van der Waals surface area contributed by atoms with Crippen LogP contribution in [0.15, 0.2) is 72.8 Å². The fraction of sp³-hybridized carbons (Fsp3) is 0.214. The van der Waals surface area contributed by atoms with Gasteiger partial charge in [-0.1, -0.05) is 23.7 Å². The zero-order valence-electron chi connectivity index (χ0n) is 20.8. The molecule has 0 aromatic heterocycles. The van der Waals surface area contributed by atoms with Crippen molar-refractivity contribution in [2.45, 2.75) is 18.9 Å². The topological polar surface area (TPSA) is 88.2 Å². The first-order valence-electron chi connectivity index (χ1n) is 11.8. The molecule has 3 aromatic rings. The zero-order valence-corrected chi connectivity index (χ0v) is 22.4. The lowest BCUT2D eigenvalue weighted by molar-refractivity contribution is -0.124. The molecule has 2 amide bonds. The predicted octanol–water partition coefficient (Wildman–Crippen LogP) is 4.71. The van der Waals surface area contributed by atoms with Crippen molar-refractivity contribution in [1.82, 2.24) is 4.90 Å². The highest BCUT2D eigenvalue weighted by atomic mass is 35.5. The van der Waals surface area contributed by atoms with Crippen molar-refractivity contribution in [1.29, 1.82) is 0 Å². The standard InChI is InChI=1S/C28H26ClN3O5S/c1-36-23-13-3-18(4-14-23)15-16-31-24(26(34)32(28(31)38)22-11-7-20(29)8-12-22)17-25(33)30-21-9-5-19(6-10-21)27(35)37-2/h3-14,24H,15-17H2,1-2H3,(H,30,33). The molecule has 1 saturated heterocycles. The molecule has 0 bridgehead atoms. The summed E-state index contributed by atoms with van der Waals surface area (Å²) >= 11 is 11.8. The molecule has 0 saturated carbocycles. The van der Waals surface area contributed by atoms with Crippen LogP contribution in [0.2, 0.25) is 5.02 Å². The van der Waals surface area contributed by atoms with Crippen molar-refractivity contribution in [3.63, 3.8) is 0 Å². The molecule has 10 heteroatoms. The molecule has 0 radical (unpaired) electrons. The molecule has 1 fully saturated rings. The van der Waals surface area contributed by atoms with Gasteiger partial charge in [-0.15, -0.1) is 0 Å². The quantitative estimate of drug-likeness (QED) is 0.304. The van der Waals surface area contributed by atoms with Crippen LogP contribution in [0, 0.1) is 0 Å². The van der Waals surface area contributed by atoms with E-state index in [0.29, 0.717) is 40.0 Å². The molecule has 8 nitrogen and oxygen atoms in total. The number of nitrogens with one attached hydrogen (secondary N) is 1. The van der Waals surface area contributed by atoms with E-state index < -0.39 is 12.0 Å². The van der Waals surface area contributed by atoms with Crippen molar-refractivity contribution < 1.29 is 23.9 Å². The fourth-order valence-corrected chi connectivity index (χ4v) is 4.69. The Morgan fingerprint density at radius 1 is 0.974 bits per heavy atom. The number of rotatable bonds is 9. The highest BCUT2D eigenvalue weighted by Gasteiger charge is 2.43. The van der Waals surface area contributed by atoms with Gasteiger partial charge >= 0.3 is 5.97 Å². The molecule has 1 aliphatic heterocycles. The Bertz CT molecular complexity index is 1330. The minimum atomic E-state index is -0.786. The Morgan fingerprint density at radius 3 is 2.24 bits per heavy atom. The number of carbonyl (C=O) groups excluding carboxylic acids is 3. The Hall–Kier alpha value is -3.95. The van der Waals surface area contributed by atoms with Crippen molar-refractivity contribution in [3.8, 4) is 5.75 Å². The number of methoxy groups -OCH3 is 2. The summed E-state index contributed by atoms with van der Waals surface area (Å²) < 4.78 is 9.92. The van der Waals surface area contributed by atoms with Crippen LogP contribution in [0.3, 0.4) is 0 Å². The number of halogens is 1. The zero-order chi connectivity index (χ0) is 27.2. The van der Waals surface area contributed by atoms with Gasteiger partial charge in [-0.2, -0.15) is 0 Å². The van der Waals surface area contributed by atoms with Gasteiger partial charge in [0.25, 0.3) is 5.91 Å². The van der Waals surface area contributed by atoms with Gasteiger partial charge in [-0.05, 0) is 84.9 Å². The van der Waals surface area contributed by atoms with Crippen LogP contribution < -0.4 is 15.0 Å². The fourth-order valence-electron chi connectivity index (χ4n) is 4.15. The third kappa shape index (κ3) is 6.12. The Kier molecular flexibility index (Phi) is 8.60. The summed E-state index contributed by atoms with van der Waals surface area (Å²) in [4.78, 5) is 41.5. The first kappa shape index (κ1) is 27.1. The lowest BCUT2D eigenvalue weighted by Crippen LogP contribution is -2.39. The average Bonchev–Trinajstić information content (AvgIpc) is 3.16. The summed E-state index contributed by atoms with van der Waals surface area (Å²) in [5.74, 6) is -0.362. The molecular formula is C28H26ClN3O5S. The smallest absolute Gasteiger partial charge is 0.337 e. The molecule has 1 heterocycles. The van der Waals surface area contributed by atoms with Crippen LogP contribution in [0.4, 0.5) is 11.4 Å². The number of thiocarbonyl (C=S) groups is 1. The second-order valence-electron chi connectivity index (χ2n) is 8.56. The summed E-state index contributed by atoms with van der Waals surface area (Å²) in [6.45, 7) is 0.437. The Morgan fingerprint density at radius 2 is 1.63 bits per heavy atom. The highest BCUT2D eigenvalue weighted by Crippen LogP contribution is 2.29. The molecule has 0 spiro atoms. The van der Waals surface area contributed by atoms with Gasteiger partial charge in [0.05, 0.1) is 31.9 Å². The van der Waals surface area contributed by atoms with Gasteiger partial charge in [0.15, 0.2) is 5.11 Å². The monoisotopic (exact) mass is 551 g/mol. The molecule has 196 valence electrons. The lowest BCUT2D eigenvalue weighted by Gasteiger charge is -2.24. The second-order valence-corrected chi connectivity index (χ2v) is 9.36. The summed E-state index contributed by atoms with van der Waals surface area (Å²) in [5, 5.41) is 3.66. The molecule has 38 heavy (non-hydrogen) atoms. The van der Waals surface area contributed by atoms with Crippen molar-refractivity contribution in [3.05, 3.63) is 88.9 Å². The molecular weight excluding hydrogens is 526 g/mol. The van der Waals surface area contributed by atoms with Crippen LogP contribution >= 0.6 is 23.8 Å². The van der Waals surface area contributed by atoms with Crippen molar-refractivity contribution >= 4 is 58.1 Å². The van der Waals surface area contributed by atoms with E-state index >= 15 is 0 Å². The summed E-state index contributed by atoms with van der Waals surface area (Å²) in [5.41, 5.74) is 2.49. The van der Waals surface area contributed by atoms with Gasteiger partial charge < -0.3 is 19.7 Å². The molecule has 1 unspecified atom stereocenters. The minimum Gasteiger partial charge on any atom is -0.497 e. The molecule has 1 aliphatic rings. The number of amides is 2. The van der Waals surface area contributed by atoms with E-state index in [0.717, 1.165) is 11.3 Å². The number of nitrogens with zero attached hydrogens (tertiary/aromatic N) is 2. The predicted molar refractivity (Wildman–Crippen MR) is 150 cm³/mol. The van der Waals surface area contributed by atoms with Gasteiger partial charge in [0, 0.05) is 17.3 Å². The molecule has 1 atom stereocenters. The minimum absolute atomic E-state index is 0.107. The maximum Gasteiger partial charge on any atom is 0.337 e. The van der Waals surface area contributed by atoms with Crippen LogP contribution in [0.25, 0.3) is 0 Å². The highest BCUT2D eigenvalue weighted by molar-refractivity contribution is 7.80. The Labute approximate surface area is 231 Å². The average molecular weight is 552 g/mol.